The highest BCUT2D eigenvalue weighted by Crippen LogP contribution is 2.28. The molecule has 2 amide bonds. The fraction of sp³-hybridized carbons (Fsp3) is 0.632. The number of anilines is 1. The fourth-order valence-corrected chi connectivity index (χ4v) is 3.33. The summed E-state index contributed by atoms with van der Waals surface area (Å²) in [5.74, 6) is -1.43. The first-order chi connectivity index (χ1) is 14.9. The number of carbonyl (C=O) groups excluding carboxylic acids is 2. The van der Waals surface area contributed by atoms with E-state index in [2.05, 4.69) is 25.9 Å². The maximum atomic E-state index is 13.1. The Bertz CT molecular complexity index is 971. The van der Waals surface area contributed by atoms with Crippen LogP contribution in [0.25, 0.3) is 5.65 Å². The van der Waals surface area contributed by atoms with E-state index in [9.17, 15) is 22.8 Å². The lowest BCUT2D eigenvalue weighted by Crippen LogP contribution is -2.45. The molecule has 2 N–H and O–H groups in total. The molecule has 1 aliphatic rings. The molecule has 3 heterocycles. The monoisotopic (exact) mass is 457 g/mol. The van der Waals surface area contributed by atoms with E-state index in [0.29, 0.717) is 36.3 Å². The summed E-state index contributed by atoms with van der Waals surface area (Å²) < 4.78 is 45.1. The number of piperidine rings is 1. The molecule has 3 rings (SSSR count). The summed E-state index contributed by atoms with van der Waals surface area (Å²) >= 11 is 0. The van der Waals surface area contributed by atoms with Gasteiger partial charge in [0.1, 0.15) is 11.4 Å². The van der Waals surface area contributed by atoms with Crippen LogP contribution in [0.5, 0.6) is 0 Å². The van der Waals surface area contributed by atoms with Gasteiger partial charge >= 0.3 is 12.3 Å². The number of nitrogens with zero attached hydrogens (tertiary/aromatic N) is 5. The van der Waals surface area contributed by atoms with Crippen molar-refractivity contribution in [1.82, 2.24) is 30.4 Å². The summed E-state index contributed by atoms with van der Waals surface area (Å²) in [6, 6.07) is 2.98. The molecule has 1 aliphatic heterocycles. The minimum atomic E-state index is -4.68. The number of amides is 2. The van der Waals surface area contributed by atoms with E-state index in [-0.39, 0.29) is 30.6 Å². The molecule has 32 heavy (non-hydrogen) atoms. The Balaban J connectivity index is 1.56. The minimum absolute atomic E-state index is 0.00938. The van der Waals surface area contributed by atoms with Gasteiger partial charge < -0.3 is 20.3 Å². The number of alkyl halides is 3. The number of alkyl carbamates (subject to hydrolysis) is 1. The number of carbonyl (C=O) groups is 2. The molecule has 2 aromatic rings. The maximum absolute atomic E-state index is 13.1. The maximum Gasteiger partial charge on any atom is 0.453 e. The first kappa shape index (κ1) is 23.5. The van der Waals surface area contributed by atoms with Crippen LogP contribution in [0, 0.1) is 5.92 Å². The van der Waals surface area contributed by atoms with Gasteiger partial charge in [0.05, 0.1) is 5.92 Å². The average Bonchev–Trinajstić information content (AvgIpc) is 3.13. The molecule has 1 unspecified atom stereocenters. The van der Waals surface area contributed by atoms with Crippen molar-refractivity contribution >= 4 is 23.5 Å². The van der Waals surface area contributed by atoms with E-state index >= 15 is 0 Å². The van der Waals surface area contributed by atoms with Crippen molar-refractivity contribution < 1.29 is 27.5 Å². The van der Waals surface area contributed by atoms with Crippen molar-refractivity contribution in [3.05, 3.63) is 18.0 Å². The van der Waals surface area contributed by atoms with E-state index in [1.54, 1.807) is 31.7 Å². The predicted molar refractivity (Wildman–Crippen MR) is 108 cm³/mol. The van der Waals surface area contributed by atoms with Gasteiger partial charge in [0, 0.05) is 26.2 Å². The number of nitrogens with one attached hydrogen (secondary N) is 2. The molecule has 13 heteroatoms. The van der Waals surface area contributed by atoms with Crippen LogP contribution in [0.4, 0.5) is 23.8 Å². The summed E-state index contributed by atoms with van der Waals surface area (Å²) in [5, 5.41) is 16.0. The molecule has 0 aliphatic carbocycles. The molecule has 10 nitrogen and oxygen atoms in total. The van der Waals surface area contributed by atoms with Gasteiger partial charge in [-0.05, 0) is 45.7 Å². The summed E-state index contributed by atoms with van der Waals surface area (Å²) in [5.41, 5.74) is -0.617. The zero-order valence-electron chi connectivity index (χ0n) is 18.1. The number of halogens is 3. The largest absolute Gasteiger partial charge is 0.453 e. The van der Waals surface area contributed by atoms with Crippen LogP contribution in [0.2, 0.25) is 0 Å². The van der Waals surface area contributed by atoms with Crippen LogP contribution in [-0.2, 0) is 15.7 Å². The van der Waals surface area contributed by atoms with Gasteiger partial charge in [-0.15, -0.1) is 15.3 Å². The quantitative estimate of drug-likeness (QED) is 0.660. The van der Waals surface area contributed by atoms with E-state index in [1.165, 1.54) is 6.07 Å². The van der Waals surface area contributed by atoms with Gasteiger partial charge in [-0.1, -0.05) is 0 Å². The van der Waals surface area contributed by atoms with Crippen LogP contribution in [0.15, 0.2) is 12.1 Å². The minimum Gasteiger partial charge on any atom is -0.444 e. The number of ether oxygens (including phenoxy) is 1. The Morgan fingerprint density at radius 1 is 1.16 bits per heavy atom. The van der Waals surface area contributed by atoms with Gasteiger partial charge in [0.2, 0.25) is 5.91 Å². The van der Waals surface area contributed by atoms with E-state index in [4.69, 9.17) is 4.74 Å². The molecular weight excluding hydrogens is 431 g/mol. The fourth-order valence-electron chi connectivity index (χ4n) is 3.33. The zero-order valence-corrected chi connectivity index (χ0v) is 18.1. The smallest absolute Gasteiger partial charge is 0.444 e. The van der Waals surface area contributed by atoms with Crippen molar-refractivity contribution in [2.45, 2.75) is 45.4 Å². The molecule has 1 fully saturated rings. The predicted octanol–water partition coefficient (Wildman–Crippen LogP) is 2.00. The van der Waals surface area contributed by atoms with Crippen LogP contribution >= 0.6 is 0 Å². The Morgan fingerprint density at radius 2 is 1.88 bits per heavy atom. The third-order valence-electron chi connectivity index (χ3n) is 4.71. The number of aromatic nitrogens is 4. The first-order valence-electron chi connectivity index (χ1n) is 10.2. The van der Waals surface area contributed by atoms with E-state index in [1.807, 2.05) is 0 Å². The molecular formula is C19H26F3N7O3. The van der Waals surface area contributed by atoms with Gasteiger partial charge in [0.25, 0.3) is 5.82 Å². The second-order valence-electron chi connectivity index (χ2n) is 8.49. The number of rotatable bonds is 5. The second-order valence-corrected chi connectivity index (χ2v) is 8.49. The summed E-state index contributed by atoms with van der Waals surface area (Å²) in [6.07, 6.45) is -3.92. The molecule has 176 valence electrons. The molecule has 0 spiro atoms. The Labute approximate surface area is 182 Å². The first-order valence-corrected chi connectivity index (χ1v) is 10.2. The highest BCUT2D eigenvalue weighted by Gasteiger charge is 2.38. The topological polar surface area (TPSA) is 114 Å². The molecule has 0 saturated carbocycles. The van der Waals surface area contributed by atoms with Crippen molar-refractivity contribution in [3.8, 4) is 0 Å². The van der Waals surface area contributed by atoms with Crippen LogP contribution in [-0.4, -0.2) is 63.6 Å². The van der Waals surface area contributed by atoms with Crippen LogP contribution in [0.3, 0.4) is 0 Å². The number of hydrogen-bond donors (Lipinski definition) is 2. The van der Waals surface area contributed by atoms with E-state index < -0.39 is 23.7 Å². The molecule has 2 aromatic heterocycles. The Kier molecular flexibility index (Phi) is 6.74. The van der Waals surface area contributed by atoms with Gasteiger partial charge in [-0.2, -0.15) is 17.7 Å². The molecule has 1 atom stereocenters. The molecule has 0 bridgehead atoms. The van der Waals surface area contributed by atoms with Crippen molar-refractivity contribution in [2.75, 3.05) is 31.1 Å². The second kappa shape index (κ2) is 9.17. The van der Waals surface area contributed by atoms with Crippen LogP contribution < -0.4 is 15.5 Å². The number of fused-ring (bicyclic) bond motifs is 1. The molecule has 0 radical (unpaired) electrons. The Hall–Kier alpha value is -3.12. The third kappa shape index (κ3) is 5.98. The Morgan fingerprint density at radius 3 is 2.56 bits per heavy atom. The summed E-state index contributed by atoms with van der Waals surface area (Å²) in [7, 11) is 0. The molecule has 1 saturated heterocycles. The van der Waals surface area contributed by atoms with Gasteiger partial charge in [-0.25, -0.2) is 4.79 Å². The van der Waals surface area contributed by atoms with Crippen molar-refractivity contribution in [3.63, 3.8) is 0 Å². The normalized spacial score (nSPS) is 17.3. The van der Waals surface area contributed by atoms with Crippen LogP contribution in [0.1, 0.15) is 39.4 Å². The lowest BCUT2D eigenvalue weighted by molar-refractivity contribution is -0.146. The SMILES string of the molecule is CC(C)(C)OC(=O)NCCNC(=O)C1CCCN(c2ccc3nnc(C(F)(F)F)n3n2)C1. The lowest BCUT2D eigenvalue weighted by Gasteiger charge is -2.32. The standard InChI is InChI=1S/C19H26F3N7O3/c1-18(2,3)32-17(31)24-9-8-23-15(30)12-5-4-10-28(11-12)14-7-6-13-25-26-16(19(20,21)22)29(13)27-14/h6-7,12H,4-5,8-11H2,1-3H3,(H,23,30)(H,24,31). The molecule has 0 aromatic carbocycles. The number of hydrogen-bond acceptors (Lipinski definition) is 7. The zero-order chi connectivity index (χ0) is 23.5. The van der Waals surface area contributed by atoms with Crippen molar-refractivity contribution in [1.29, 1.82) is 0 Å². The highest BCUT2D eigenvalue weighted by atomic mass is 19.4. The third-order valence-corrected chi connectivity index (χ3v) is 4.71. The van der Waals surface area contributed by atoms with Crippen molar-refractivity contribution in [2.24, 2.45) is 5.92 Å². The van der Waals surface area contributed by atoms with Gasteiger partial charge in [-0.3, -0.25) is 4.79 Å². The summed E-state index contributed by atoms with van der Waals surface area (Å²) in [4.78, 5) is 25.9. The average molecular weight is 457 g/mol. The van der Waals surface area contributed by atoms with Gasteiger partial charge in [0.15, 0.2) is 5.65 Å². The lowest BCUT2D eigenvalue weighted by atomic mass is 9.97. The summed E-state index contributed by atoms with van der Waals surface area (Å²) in [6.45, 7) is 6.58. The highest BCUT2D eigenvalue weighted by molar-refractivity contribution is 5.79. The van der Waals surface area contributed by atoms with E-state index in [0.717, 1.165) is 0 Å².